The van der Waals surface area contributed by atoms with E-state index in [0.717, 1.165) is 12.0 Å². The van der Waals surface area contributed by atoms with Gasteiger partial charge in [-0.15, -0.1) is 0 Å². The van der Waals surface area contributed by atoms with E-state index in [1.807, 2.05) is 16.8 Å². The molecule has 1 aromatic heterocycles. The Morgan fingerprint density at radius 2 is 2.11 bits per heavy atom. The van der Waals surface area contributed by atoms with Crippen LogP contribution in [0.1, 0.15) is 29.2 Å². The average molecular weight is 282 g/mol. The van der Waals surface area contributed by atoms with Gasteiger partial charge < -0.3 is 0 Å². The number of hydrogen-bond donors (Lipinski definition) is 2. The van der Waals surface area contributed by atoms with E-state index in [4.69, 9.17) is 5.84 Å². The van der Waals surface area contributed by atoms with Gasteiger partial charge in [-0.25, -0.2) is 8.78 Å². The maximum atomic E-state index is 14.0. The summed E-state index contributed by atoms with van der Waals surface area (Å²) < 4.78 is 27.8. The largest absolute Gasteiger partial charge is 0.271 e. The number of rotatable bonds is 5. The van der Waals surface area contributed by atoms with Crippen LogP contribution in [0.2, 0.25) is 0 Å². The monoisotopic (exact) mass is 282 g/mol. The van der Waals surface area contributed by atoms with E-state index in [1.165, 1.54) is 12.1 Å². The van der Waals surface area contributed by atoms with Gasteiger partial charge in [-0.2, -0.15) is 11.3 Å². The van der Waals surface area contributed by atoms with Crippen LogP contribution < -0.4 is 11.3 Å². The van der Waals surface area contributed by atoms with Crippen LogP contribution in [0.5, 0.6) is 0 Å². The zero-order chi connectivity index (χ0) is 13.8. The smallest absolute Gasteiger partial charge is 0.133 e. The van der Waals surface area contributed by atoms with Gasteiger partial charge >= 0.3 is 0 Å². The highest BCUT2D eigenvalue weighted by atomic mass is 32.1. The zero-order valence-corrected chi connectivity index (χ0v) is 11.4. The highest BCUT2D eigenvalue weighted by molar-refractivity contribution is 7.07. The summed E-state index contributed by atoms with van der Waals surface area (Å²) in [6.45, 7) is 1.62. The summed E-state index contributed by atoms with van der Waals surface area (Å²) in [6.07, 6.45) is 1.27. The molecule has 3 N–H and O–H groups in total. The molecule has 1 heterocycles. The molecule has 1 unspecified atom stereocenters. The fourth-order valence-electron chi connectivity index (χ4n) is 2.05. The molecular weight excluding hydrogens is 266 g/mol. The Morgan fingerprint density at radius 3 is 2.74 bits per heavy atom. The van der Waals surface area contributed by atoms with Crippen molar-refractivity contribution < 1.29 is 8.78 Å². The predicted octanol–water partition coefficient (Wildman–Crippen LogP) is 3.47. The van der Waals surface area contributed by atoms with Gasteiger partial charge in [-0.05, 0) is 53.8 Å². The first kappa shape index (κ1) is 14.1. The lowest BCUT2D eigenvalue weighted by atomic mass is 9.98. The maximum Gasteiger partial charge on any atom is 0.133 e. The molecule has 0 amide bonds. The standard InChI is InChI=1S/C14H16F2N2S/c1-9-2-4-11(15)13(14(9)16)12(18-17)5-3-10-6-7-19-8-10/h2,4,6-8,12,18H,3,5,17H2,1H3. The van der Waals surface area contributed by atoms with Crippen molar-refractivity contribution in [2.24, 2.45) is 5.84 Å². The topological polar surface area (TPSA) is 38.0 Å². The number of halogens is 2. The van der Waals surface area contributed by atoms with Crippen molar-refractivity contribution in [1.29, 1.82) is 0 Å². The fourth-order valence-corrected chi connectivity index (χ4v) is 2.76. The Bertz CT molecular complexity index is 541. The third-order valence-electron chi connectivity index (χ3n) is 3.17. The van der Waals surface area contributed by atoms with Crippen molar-refractivity contribution in [1.82, 2.24) is 5.43 Å². The summed E-state index contributed by atoms with van der Waals surface area (Å²) in [6, 6.07) is 4.18. The van der Waals surface area contributed by atoms with Crippen LogP contribution in [0.25, 0.3) is 0 Å². The molecule has 0 aliphatic rings. The Labute approximate surface area is 115 Å². The molecule has 0 aliphatic heterocycles. The number of hydrogen-bond acceptors (Lipinski definition) is 3. The number of aryl methyl sites for hydroxylation is 2. The molecule has 0 bridgehead atoms. The van der Waals surface area contributed by atoms with Gasteiger partial charge in [0.25, 0.3) is 0 Å². The van der Waals surface area contributed by atoms with Crippen LogP contribution in [0.4, 0.5) is 8.78 Å². The molecule has 2 rings (SSSR count). The first-order chi connectivity index (χ1) is 9.13. The first-order valence-electron chi connectivity index (χ1n) is 6.05. The number of nitrogens with two attached hydrogens (primary N) is 1. The van der Waals surface area contributed by atoms with E-state index in [-0.39, 0.29) is 5.56 Å². The maximum absolute atomic E-state index is 14.0. The van der Waals surface area contributed by atoms with Gasteiger partial charge in [0.1, 0.15) is 11.6 Å². The lowest BCUT2D eigenvalue weighted by Gasteiger charge is -2.18. The molecular formula is C14H16F2N2S. The van der Waals surface area contributed by atoms with Crippen LogP contribution >= 0.6 is 11.3 Å². The van der Waals surface area contributed by atoms with Crippen LogP contribution in [0.3, 0.4) is 0 Å². The first-order valence-corrected chi connectivity index (χ1v) is 6.99. The van der Waals surface area contributed by atoms with Gasteiger partial charge in [0, 0.05) is 5.56 Å². The second-order valence-corrected chi connectivity index (χ2v) is 5.26. The Balaban J connectivity index is 2.19. The van der Waals surface area contributed by atoms with E-state index in [0.29, 0.717) is 12.0 Å². The summed E-state index contributed by atoms with van der Waals surface area (Å²) in [7, 11) is 0. The van der Waals surface area contributed by atoms with Crippen molar-refractivity contribution in [2.45, 2.75) is 25.8 Å². The SMILES string of the molecule is Cc1ccc(F)c(C(CCc2ccsc2)NN)c1F. The summed E-state index contributed by atoms with van der Waals surface area (Å²) >= 11 is 1.60. The lowest BCUT2D eigenvalue weighted by molar-refractivity contribution is 0.452. The third kappa shape index (κ3) is 3.18. The Morgan fingerprint density at radius 1 is 1.32 bits per heavy atom. The molecule has 0 saturated carbocycles. The highest BCUT2D eigenvalue weighted by Crippen LogP contribution is 2.26. The molecule has 19 heavy (non-hydrogen) atoms. The number of hydrazine groups is 1. The molecule has 0 saturated heterocycles. The van der Waals surface area contributed by atoms with Crippen LogP contribution in [-0.4, -0.2) is 0 Å². The molecule has 0 aliphatic carbocycles. The number of nitrogens with one attached hydrogen (secondary N) is 1. The minimum absolute atomic E-state index is 0.0257. The summed E-state index contributed by atoms with van der Waals surface area (Å²) in [4.78, 5) is 0. The molecule has 1 aromatic carbocycles. The second kappa shape index (κ2) is 6.23. The van der Waals surface area contributed by atoms with Crippen molar-refractivity contribution in [3.8, 4) is 0 Å². The minimum atomic E-state index is -0.559. The second-order valence-electron chi connectivity index (χ2n) is 4.48. The minimum Gasteiger partial charge on any atom is -0.271 e. The van der Waals surface area contributed by atoms with E-state index < -0.39 is 17.7 Å². The van der Waals surface area contributed by atoms with Gasteiger partial charge in [0.05, 0.1) is 6.04 Å². The molecule has 1 atom stereocenters. The van der Waals surface area contributed by atoms with E-state index in [9.17, 15) is 8.78 Å². The summed E-state index contributed by atoms with van der Waals surface area (Å²) in [5.41, 5.74) is 4.11. The van der Waals surface area contributed by atoms with Crippen LogP contribution in [0.15, 0.2) is 29.0 Å². The van der Waals surface area contributed by atoms with Crippen molar-refractivity contribution in [2.75, 3.05) is 0 Å². The molecule has 0 radical (unpaired) electrons. The average Bonchev–Trinajstić information content (AvgIpc) is 2.91. The number of benzene rings is 1. The lowest BCUT2D eigenvalue weighted by Crippen LogP contribution is -2.30. The van der Waals surface area contributed by atoms with Crippen molar-refractivity contribution >= 4 is 11.3 Å². The normalized spacial score (nSPS) is 12.6. The molecule has 2 aromatic rings. The summed E-state index contributed by atoms with van der Waals surface area (Å²) in [5, 5.41) is 4.00. The van der Waals surface area contributed by atoms with Gasteiger partial charge in [-0.1, -0.05) is 6.07 Å². The molecule has 2 nitrogen and oxygen atoms in total. The van der Waals surface area contributed by atoms with Gasteiger partial charge in [0.2, 0.25) is 0 Å². The molecule has 0 spiro atoms. The van der Waals surface area contributed by atoms with E-state index in [1.54, 1.807) is 18.3 Å². The third-order valence-corrected chi connectivity index (χ3v) is 3.90. The predicted molar refractivity (Wildman–Crippen MR) is 73.8 cm³/mol. The van der Waals surface area contributed by atoms with Crippen LogP contribution in [-0.2, 0) is 6.42 Å². The Hall–Kier alpha value is -1.30. The van der Waals surface area contributed by atoms with E-state index >= 15 is 0 Å². The van der Waals surface area contributed by atoms with Gasteiger partial charge in [0.15, 0.2) is 0 Å². The summed E-state index contributed by atoms with van der Waals surface area (Å²) in [5.74, 6) is 4.37. The van der Waals surface area contributed by atoms with Gasteiger partial charge in [-0.3, -0.25) is 11.3 Å². The van der Waals surface area contributed by atoms with Crippen molar-refractivity contribution in [3.63, 3.8) is 0 Å². The molecule has 0 fully saturated rings. The van der Waals surface area contributed by atoms with Crippen molar-refractivity contribution in [3.05, 3.63) is 57.3 Å². The Kier molecular flexibility index (Phi) is 4.63. The van der Waals surface area contributed by atoms with Crippen LogP contribution in [0, 0.1) is 18.6 Å². The zero-order valence-electron chi connectivity index (χ0n) is 10.6. The fraction of sp³-hybridized carbons (Fsp3) is 0.286. The number of thiophene rings is 1. The molecule has 5 heteroatoms. The quantitative estimate of drug-likeness (QED) is 0.651. The molecule has 102 valence electrons. The van der Waals surface area contributed by atoms with E-state index in [2.05, 4.69) is 5.43 Å². The highest BCUT2D eigenvalue weighted by Gasteiger charge is 2.20.